The van der Waals surface area contributed by atoms with Crippen molar-refractivity contribution in [3.05, 3.63) is 49.6 Å². The zero-order valence-corrected chi connectivity index (χ0v) is 12.1. The Bertz CT molecular complexity index is 511. The van der Waals surface area contributed by atoms with Crippen LogP contribution >= 0.6 is 46.1 Å². The van der Waals surface area contributed by atoms with Crippen molar-refractivity contribution in [2.45, 2.75) is 13.0 Å². The summed E-state index contributed by atoms with van der Waals surface area (Å²) in [7, 11) is 0. The second-order valence-corrected chi connectivity index (χ2v) is 5.59. The Hall–Kier alpha value is -0.410. The van der Waals surface area contributed by atoms with Gasteiger partial charge in [-0.05, 0) is 30.0 Å². The average molecular weight is 307 g/mol. The molecule has 1 heterocycles. The number of rotatable bonds is 3. The van der Waals surface area contributed by atoms with Gasteiger partial charge in [-0.1, -0.05) is 40.9 Å². The molecule has 1 aromatic carbocycles. The van der Waals surface area contributed by atoms with E-state index in [9.17, 15) is 0 Å². The molecule has 1 unspecified atom stereocenters. The summed E-state index contributed by atoms with van der Waals surface area (Å²) < 4.78 is 0. The standard InChI is InChI=1S/C12H10Cl3NS/c1-7(16-8-4-5-17-6-8)9-2-3-10(13)12(15)11(9)14/h2-7,16H,1H3. The summed E-state index contributed by atoms with van der Waals surface area (Å²) in [6.07, 6.45) is 0. The molecule has 0 bridgehead atoms. The molecule has 0 saturated heterocycles. The van der Waals surface area contributed by atoms with Gasteiger partial charge in [0.1, 0.15) is 0 Å². The van der Waals surface area contributed by atoms with Crippen molar-refractivity contribution in [2.75, 3.05) is 5.32 Å². The SMILES string of the molecule is CC(Nc1ccsc1)c1ccc(Cl)c(Cl)c1Cl. The zero-order chi connectivity index (χ0) is 12.4. The third-order valence-corrected chi connectivity index (χ3v) is 4.43. The summed E-state index contributed by atoms with van der Waals surface area (Å²) in [5.74, 6) is 0. The Morgan fingerprint density at radius 3 is 2.53 bits per heavy atom. The number of halogens is 3. The smallest absolute Gasteiger partial charge is 0.0782 e. The number of nitrogens with one attached hydrogen (secondary N) is 1. The number of thiophene rings is 1. The van der Waals surface area contributed by atoms with Crippen LogP contribution in [0.15, 0.2) is 29.0 Å². The van der Waals surface area contributed by atoms with E-state index in [4.69, 9.17) is 34.8 Å². The Morgan fingerprint density at radius 1 is 1.12 bits per heavy atom. The third kappa shape index (κ3) is 2.89. The Kier molecular flexibility index (Phi) is 4.21. The molecular weight excluding hydrogens is 297 g/mol. The van der Waals surface area contributed by atoms with Gasteiger partial charge in [-0.25, -0.2) is 0 Å². The fourth-order valence-corrected chi connectivity index (χ4v) is 2.85. The van der Waals surface area contributed by atoms with E-state index in [1.807, 2.05) is 29.8 Å². The van der Waals surface area contributed by atoms with E-state index in [0.29, 0.717) is 15.1 Å². The summed E-state index contributed by atoms with van der Waals surface area (Å²) in [5.41, 5.74) is 2.01. The van der Waals surface area contributed by atoms with Gasteiger partial charge in [0.05, 0.1) is 21.1 Å². The number of hydrogen-bond acceptors (Lipinski definition) is 2. The molecule has 0 saturated carbocycles. The molecule has 0 aliphatic heterocycles. The lowest BCUT2D eigenvalue weighted by atomic mass is 10.1. The van der Waals surface area contributed by atoms with Gasteiger partial charge in [0.2, 0.25) is 0 Å². The maximum Gasteiger partial charge on any atom is 0.0782 e. The largest absolute Gasteiger partial charge is 0.378 e. The summed E-state index contributed by atoms with van der Waals surface area (Å²) in [4.78, 5) is 0. The van der Waals surface area contributed by atoms with Gasteiger partial charge in [0.25, 0.3) is 0 Å². The number of hydrogen-bond donors (Lipinski definition) is 1. The lowest BCUT2D eigenvalue weighted by Gasteiger charge is -2.17. The lowest BCUT2D eigenvalue weighted by Crippen LogP contribution is -2.06. The van der Waals surface area contributed by atoms with Crippen molar-refractivity contribution in [3.8, 4) is 0 Å². The van der Waals surface area contributed by atoms with E-state index < -0.39 is 0 Å². The van der Waals surface area contributed by atoms with Gasteiger partial charge >= 0.3 is 0 Å². The maximum atomic E-state index is 6.18. The highest BCUT2D eigenvalue weighted by Gasteiger charge is 2.14. The van der Waals surface area contributed by atoms with Gasteiger partial charge in [0.15, 0.2) is 0 Å². The first-order chi connectivity index (χ1) is 8.09. The highest BCUT2D eigenvalue weighted by atomic mass is 35.5. The van der Waals surface area contributed by atoms with Crippen LogP contribution in [-0.4, -0.2) is 0 Å². The molecule has 90 valence electrons. The molecule has 17 heavy (non-hydrogen) atoms. The third-order valence-electron chi connectivity index (χ3n) is 2.44. The van der Waals surface area contributed by atoms with E-state index in [0.717, 1.165) is 11.3 Å². The molecule has 2 rings (SSSR count). The lowest BCUT2D eigenvalue weighted by molar-refractivity contribution is 0.886. The molecular formula is C12H10Cl3NS. The van der Waals surface area contributed by atoms with Crippen molar-refractivity contribution >= 4 is 51.8 Å². The fraction of sp³-hybridized carbons (Fsp3) is 0.167. The van der Waals surface area contributed by atoms with E-state index in [2.05, 4.69) is 5.32 Å². The summed E-state index contributed by atoms with van der Waals surface area (Å²) in [6, 6.07) is 5.75. The summed E-state index contributed by atoms with van der Waals surface area (Å²) >= 11 is 19.7. The topological polar surface area (TPSA) is 12.0 Å². The quantitative estimate of drug-likeness (QED) is 0.698. The molecule has 0 aliphatic rings. The minimum atomic E-state index is 0.0758. The highest BCUT2D eigenvalue weighted by Crippen LogP contribution is 2.36. The van der Waals surface area contributed by atoms with Crippen molar-refractivity contribution in [1.82, 2.24) is 0 Å². The molecule has 0 radical (unpaired) electrons. The van der Waals surface area contributed by atoms with Crippen molar-refractivity contribution in [2.24, 2.45) is 0 Å². The Morgan fingerprint density at radius 2 is 1.88 bits per heavy atom. The number of anilines is 1. The normalized spacial score (nSPS) is 12.5. The van der Waals surface area contributed by atoms with Gasteiger partial charge in [0, 0.05) is 11.1 Å². The van der Waals surface area contributed by atoms with Crippen molar-refractivity contribution < 1.29 is 0 Å². The molecule has 1 nitrogen and oxygen atoms in total. The van der Waals surface area contributed by atoms with Crippen LogP contribution in [0, 0.1) is 0 Å². The van der Waals surface area contributed by atoms with Crippen LogP contribution in [0.5, 0.6) is 0 Å². The molecule has 5 heteroatoms. The van der Waals surface area contributed by atoms with Crippen LogP contribution < -0.4 is 5.32 Å². The second kappa shape index (κ2) is 5.49. The fourth-order valence-electron chi connectivity index (χ4n) is 1.55. The van der Waals surface area contributed by atoms with Crippen molar-refractivity contribution in [1.29, 1.82) is 0 Å². The van der Waals surface area contributed by atoms with E-state index in [-0.39, 0.29) is 6.04 Å². The Labute approximate surface area is 119 Å². The maximum absolute atomic E-state index is 6.18. The van der Waals surface area contributed by atoms with Crippen LogP contribution in [0.2, 0.25) is 15.1 Å². The summed E-state index contributed by atoms with van der Waals surface area (Å²) in [5, 5.41) is 8.80. The van der Waals surface area contributed by atoms with Crippen LogP contribution in [0.4, 0.5) is 5.69 Å². The molecule has 2 aromatic rings. The van der Waals surface area contributed by atoms with Crippen LogP contribution in [0.3, 0.4) is 0 Å². The molecule has 0 amide bonds. The van der Waals surface area contributed by atoms with Gasteiger partial charge in [-0.3, -0.25) is 0 Å². The van der Waals surface area contributed by atoms with E-state index in [1.54, 1.807) is 17.4 Å². The van der Waals surface area contributed by atoms with E-state index >= 15 is 0 Å². The molecule has 1 atom stereocenters. The molecule has 1 N–H and O–H groups in total. The minimum absolute atomic E-state index is 0.0758. The van der Waals surface area contributed by atoms with Crippen LogP contribution in [0.1, 0.15) is 18.5 Å². The van der Waals surface area contributed by atoms with Gasteiger partial charge < -0.3 is 5.32 Å². The second-order valence-electron chi connectivity index (χ2n) is 3.64. The molecule has 1 aromatic heterocycles. The first-order valence-corrected chi connectivity index (χ1v) is 7.09. The Balaban J connectivity index is 2.25. The predicted octanol–water partition coefficient (Wildman–Crippen LogP) is 5.88. The average Bonchev–Trinajstić information content (AvgIpc) is 2.78. The monoisotopic (exact) mass is 305 g/mol. The molecule has 0 aliphatic carbocycles. The summed E-state index contributed by atoms with van der Waals surface area (Å²) in [6.45, 7) is 2.03. The first-order valence-electron chi connectivity index (χ1n) is 5.01. The van der Waals surface area contributed by atoms with Gasteiger partial charge in [-0.15, -0.1) is 0 Å². The first kappa shape index (κ1) is 13.0. The molecule has 0 spiro atoms. The highest BCUT2D eigenvalue weighted by molar-refractivity contribution is 7.08. The zero-order valence-electron chi connectivity index (χ0n) is 9.01. The van der Waals surface area contributed by atoms with Gasteiger partial charge in [-0.2, -0.15) is 11.3 Å². The molecule has 0 fully saturated rings. The van der Waals surface area contributed by atoms with Crippen LogP contribution in [0.25, 0.3) is 0 Å². The number of benzene rings is 1. The van der Waals surface area contributed by atoms with Crippen molar-refractivity contribution in [3.63, 3.8) is 0 Å². The predicted molar refractivity (Wildman–Crippen MR) is 77.8 cm³/mol. The minimum Gasteiger partial charge on any atom is -0.378 e. The van der Waals surface area contributed by atoms with Crippen LogP contribution in [-0.2, 0) is 0 Å². The van der Waals surface area contributed by atoms with E-state index in [1.165, 1.54) is 0 Å².